The molecule has 0 atom stereocenters. The molecule has 7 heteroatoms. The highest BCUT2D eigenvalue weighted by molar-refractivity contribution is 5.63. The molecule has 0 aliphatic carbocycles. The second kappa shape index (κ2) is 2.95. The van der Waals surface area contributed by atoms with Gasteiger partial charge in [-0.2, -0.15) is 10.2 Å². The first-order chi connectivity index (χ1) is 6.68. The summed E-state index contributed by atoms with van der Waals surface area (Å²) in [4.78, 5) is 8.94. The Morgan fingerprint density at radius 2 is 1.86 bits per heavy atom. The highest BCUT2D eigenvalue weighted by Crippen LogP contribution is 2.17. The van der Waals surface area contributed by atoms with Crippen LogP contribution in [0.25, 0.3) is 5.69 Å². The van der Waals surface area contributed by atoms with Crippen LogP contribution < -0.4 is 11.5 Å². The van der Waals surface area contributed by atoms with Gasteiger partial charge in [0.15, 0.2) is 17.3 Å². The molecule has 0 saturated heterocycles. The second-order valence-corrected chi connectivity index (χ2v) is 2.77. The molecule has 0 fully saturated rings. The molecule has 0 bridgehead atoms. The first-order valence-corrected chi connectivity index (χ1v) is 3.94. The standard InChI is InChI=1S/C7H9N7/c1-4-2-12-14(13-4)5-6(8)10-3-11-7(5)9/h2-3H,1H3,(H4,8,9,10,11). The van der Waals surface area contributed by atoms with Crippen LogP contribution in [0.4, 0.5) is 11.6 Å². The predicted octanol–water partition coefficient (Wildman–Crippen LogP) is -0.470. The van der Waals surface area contributed by atoms with E-state index in [0.29, 0.717) is 5.69 Å². The fraction of sp³-hybridized carbons (Fsp3) is 0.143. The number of nitrogens with zero attached hydrogens (tertiary/aromatic N) is 5. The van der Waals surface area contributed by atoms with Crippen LogP contribution in [0.3, 0.4) is 0 Å². The van der Waals surface area contributed by atoms with Gasteiger partial charge in [0.25, 0.3) is 0 Å². The molecule has 0 radical (unpaired) electrons. The Morgan fingerprint density at radius 1 is 1.21 bits per heavy atom. The van der Waals surface area contributed by atoms with E-state index in [1.165, 1.54) is 11.1 Å². The van der Waals surface area contributed by atoms with E-state index in [9.17, 15) is 0 Å². The van der Waals surface area contributed by atoms with E-state index in [2.05, 4.69) is 20.2 Å². The minimum Gasteiger partial charge on any atom is -0.382 e. The third-order valence-corrected chi connectivity index (χ3v) is 1.69. The number of hydrogen-bond acceptors (Lipinski definition) is 6. The van der Waals surface area contributed by atoms with Gasteiger partial charge >= 0.3 is 0 Å². The lowest BCUT2D eigenvalue weighted by Gasteiger charge is -2.04. The van der Waals surface area contributed by atoms with E-state index in [-0.39, 0.29) is 11.6 Å². The molecule has 0 amide bonds. The van der Waals surface area contributed by atoms with Gasteiger partial charge < -0.3 is 11.5 Å². The van der Waals surface area contributed by atoms with Crippen molar-refractivity contribution in [1.29, 1.82) is 0 Å². The van der Waals surface area contributed by atoms with Crippen LogP contribution in [0.2, 0.25) is 0 Å². The van der Waals surface area contributed by atoms with Gasteiger partial charge in [0.05, 0.1) is 11.9 Å². The first kappa shape index (κ1) is 8.42. The van der Waals surface area contributed by atoms with Crippen molar-refractivity contribution in [2.45, 2.75) is 6.92 Å². The zero-order chi connectivity index (χ0) is 10.1. The van der Waals surface area contributed by atoms with Crippen molar-refractivity contribution in [3.05, 3.63) is 18.2 Å². The van der Waals surface area contributed by atoms with E-state index >= 15 is 0 Å². The SMILES string of the molecule is Cc1cnn(-c2c(N)ncnc2N)n1. The zero-order valence-corrected chi connectivity index (χ0v) is 7.55. The summed E-state index contributed by atoms with van der Waals surface area (Å²) in [5.41, 5.74) is 12.4. The van der Waals surface area contributed by atoms with Gasteiger partial charge in [0.1, 0.15) is 6.33 Å². The minimum absolute atomic E-state index is 0.258. The summed E-state index contributed by atoms with van der Waals surface area (Å²) in [6.07, 6.45) is 2.90. The minimum atomic E-state index is 0.258. The van der Waals surface area contributed by atoms with Crippen LogP contribution in [0.15, 0.2) is 12.5 Å². The van der Waals surface area contributed by atoms with Crippen LogP contribution in [-0.2, 0) is 0 Å². The summed E-state index contributed by atoms with van der Waals surface area (Å²) in [6.45, 7) is 1.82. The molecular weight excluding hydrogens is 182 g/mol. The molecule has 2 rings (SSSR count). The lowest BCUT2D eigenvalue weighted by atomic mass is 10.4. The normalized spacial score (nSPS) is 10.4. The van der Waals surface area contributed by atoms with Crippen molar-refractivity contribution in [3.8, 4) is 5.69 Å². The monoisotopic (exact) mass is 191 g/mol. The van der Waals surface area contributed by atoms with Crippen molar-refractivity contribution >= 4 is 11.6 Å². The molecular formula is C7H9N7. The van der Waals surface area contributed by atoms with Gasteiger partial charge in [-0.05, 0) is 6.92 Å². The molecule has 4 N–H and O–H groups in total. The van der Waals surface area contributed by atoms with Crippen LogP contribution in [0.5, 0.6) is 0 Å². The molecule has 2 aromatic rings. The highest BCUT2D eigenvalue weighted by atomic mass is 15.5. The molecule has 7 nitrogen and oxygen atoms in total. The zero-order valence-electron chi connectivity index (χ0n) is 7.55. The van der Waals surface area contributed by atoms with Gasteiger partial charge in [0, 0.05) is 0 Å². The third-order valence-electron chi connectivity index (χ3n) is 1.69. The largest absolute Gasteiger partial charge is 0.382 e. The second-order valence-electron chi connectivity index (χ2n) is 2.77. The lowest BCUT2D eigenvalue weighted by Crippen LogP contribution is -2.10. The maximum atomic E-state index is 5.63. The van der Waals surface area contributed by atoms with Gasteiger partial charge in [-0.25, -0.2) is 9.97 Å². The smallest absolute Gasteiger partial charge is 0.170 e. The Hall–Kier alpha value is -2.18. The number of hydrogen-bond donors (Lipinski definition) is 2. The molecule has 0 aliphatic rings. The maximum absolute atomic E-state index is 5.63. The Kier molecular flexibility index (Phi) is 1.77. The first-order valence-electron chi connectivity index (χ1n) is 3.94. The number of aromatic nitrogens is 5. The molecule has 72 valence electrons. The van der Waals surface area contributed by atoms with E-state index in [4.69, 9.17) is 11.5 Å². The molecule has 14 heavy (non-hydrogen) atoms. The average molecular weight is 191 g/mol. The van der Waals surface area contributed by atoms with E-state index < -0.39 is 0 Å². The van der Waals surface area contributed by atoms with Crippen molar-refractivity contribution in [1.82, 2.24) is 25.0 Å². The van der Waals surface area contributed by atoms with Gasteiger partial charge in [-0.15, -0.1) is 4.80 Å². The summed E-state index contributed by atoms with van der Waals surface area (Å²) in [7, 11) is 0. The highest BCUT2D eigenvalue weighted by Gasteiger charge is 2.10. The molecule has 2 heterocycles. The van der Waals surface area contributed by atoms with Gasteiger partial charge in [-0.1, -0.05) is 0 Å². The van der Waals surface area contributed by atoms with Crippen LogP contribution in [-0.4, -0.2) is 25.0 Å². The van der Waals surface area contributed by atoms with Crippen LogP contribution >= 0.6 is 0 Å². The molecule has 0 unspecified atom stereocenters. The summed E-state index contributed by atoms with van der Waals surface area (Å²) in [5, 5.41) is 8.04. The summed E-state index contributed by atoms with van der Waals surface area (Å²) in [5.74, 6) is 0.515. The van der Waals surface area contributed by atoms with Crippen LogP contribution in [0.1, 0.15) is 5.69 Å². The molecule has 2 aromatic heterocycles. The summed E-state index contributed by atoms with van der Waals surface area (Å²) in [6, 6.07) is 0. The lowest BCUT2D eigenvalue weighted by molar-refractivity contribution is 0.743. The van der Waals surface area contributed by atoms with E-state index in [1.54, 1.807) is 6.20 Å². The average Bonchev–Trinajstić information content (AvgIpc) is 2.51. The number of anilines is 2. The predicted molar refractivity (Wildman–Crippen MR) is 50.5 cm³/mol. The van der Waals surface area contributed by atoms with Crippen molar-refractivity contribution in [3.63, 3.8) is 0 Å². The fourth-order valence-electron chi connectivity index (χ4n) is 1.06. The van der Waals surface area contributed by atoms with E-state index in [0.717, 1.165) is 5.69 Å². The van der Waals surface area contributed by atoms with Gasteiger partial charge in [-0.3, -0.25) is 0 Å². The van der Waals surface area contributed by atoms with Crippen LogP contribution in [0, 0.1) is 6.92 Å². The number of nitrogen functional groups attached to an aromatic ring is 2. The topological polar surface area (TPSA) is 109 Å². The number of rotatable bonds is 1. The Morgan fingerprint density at radius 3 is 2.36 bits per heavy atom. The van der Waals surface area contributed by atoms with Gasteiger partial charge in [0.2, 0.25) is 0 Å². The Labute approximate surface area is 79.8 Å². The molecule has 0 aliphatic heterocycles. The molecule has 0 saturated carbocycles. The van der Waals surface area contributed by atoms with E-state index in [1.807, 2.05) is 6.92 Å². The third kappa shape index (κ3) is 1.24. The van der Waals surface area contributed by atoms with Crippen molar-refractivity contribution < 1.29 is 0 Å². The van der Waals surface area contributed by atoms with Crippen molar-refractivity contribution in [2.75, 3.05) is 11.5 Å². The molecule has 0 aromatic carbocycles. The quantitative estimate of drug-likeness (QED) is 0.630. The van der Waals surface area contributed by atoms with Crippen molar-refractivity contribution in [2.24, 2.45) is 0 Å². The Bertz CT molecular complexity index is 441. The molecule has 0 spiro atoms. The summed E-state index contributed by atoms with van der Waals surface area (Å²) < 4.78 is 0. The maximum Gasteiger partial charge on any atom is 0.170 e. The number of nitrogens with two attached hydrogens (primary N) is 2. The number of aryl methyl sites for hydroxylation is 1. The summed E-state index contributed by atoms with van der Waals surface area (Å²) >= 11 is 0. The fourth-order valence-corrected chi connectivity index (χ4v) is 1.06. The Balaban J connectivity index is 2.61.